The average Bonchev–Trinajstić information content (AvgIpc) is 1.87. The lowest BCUT2D eigenvalue weighted by molar-refractivity contribution is 0.0660. The van der Waals surface area contributed by atoms with Gasteiger partial charge in [0.25, 0.3) is 0 Å². The summed E-state index contributed by atoms with van der Waals surface area (Å²) in [6.07, 6.45) is -0.209. The Labute approximate surface area is 54.9 Å². The van der Waals surface area contributed by atoms with Crippen molar-refractivity contribution < 1.29 is 15.3 Å². The zero-order valence-electron chi connectivity index (χ0n) is 5.62. The van der Waals surface area contributed by atoms with Gasteiger partial charge in [0.15, 0.2) is 0 Å². The van der Waals surface area contributed by atoms with E-state index in [-0.39, 0.29) is 19.1 Å². The molecule has 0 saturated carbocycles. The second-order valence-corrected chi connectivity index (χ2v) is 2.36. The van der Waals surface area contributed by atoms with Crippen LogP contribution in [-0.2, 0) is 0 Å². The van der Waals surface area contributed by atoms with Gasteiger partial charge in [0.1, 0.15) is 0 Å². The van der Waals surface area contributed by atoms with Crippen molar-refractivity contribution in [3.8, 4) is 0 Å². The molecular formula is C6H14O3. The third kappa shape index (κ3) is 4.39. The topological polar surface area (TPSA) is 60.7 Å². The molecule has 56 valence electrons. The van der Waals surface area contributed by atoms with Crippen molar-refractivity contribution in [3.63, 3.8) is 0 Å². The van der Waals surface area contributed by atoms with E-state index in [0.29, 0.717) is 6.42 Å². The van der Waals surface area contributed by atoms with Gasteiger partial charge in [-0.15, -0.1) is 0 Å². The maximum absolute atomic E-state index is 8.80. The molecule has 0 aliphatic heterocycles. The highest BCUT2D eigenvalue weighted by Gasteiger charge is 2.06. The van der Waals surface area contributed by atoms with Crippen LogP contribution in [0.5, 0.6) is 0 Å². The molecule has 0 aliphatic rings. The first kappa shape index (κ1) is 8.88. The van der Waals surface area contributed by atoms with Gasteiger partial charge < -0.3 is 15.3 Å². The molecule has 0 aromatic heterocycles. The first-order valence-electron chi connectivity index (χ1n) is 3.10. The summed E-state index contributed by atoms with van der Waals surface area (Å²) in [6.45, 7) is 1.67. The van der Waals surface area contributed by atoms with Gasteiger partial charge in [-0.25, -0.2) is 0 Å². The van der Waals surface area contributed by atoms with E-state index in [0.717, 1.165) is 0 Å². The molecule has 0 aliphatic carbocycles. The van der Waals surface area contributed by atoms with Crippen molar-refractivity contribution in [2.75, 3.05) is 13.2 Å². The molecular weight excluding hydrogens is 120 g/mol. The van der Waals surface area contributed by atoms with Crippen LogP contribution in [0.2, 0.25) is 0 Å². The summed E-state index contributed by atoms with van der Waals surface area (Å²) in [7, 11) is 0. The fraction of sp³-hybridized carbons (Fsp3) is 1.00. The maximum atomic E-state index is 8.80. The smallest absolute Gasteiger partial charge is 0.0774 e. The van der Waals surface area contributed by atoms with Gasteiger partial charge in [-0.1, -0.05) is 6.92 Å². The highest BCUT2D eigenvalue weighted by atomic mass is 16.3. The number of aliphatic hydroxyl groups is 3. The van der Waals surface area contributed by atoms with Crippen LogP contribution >= 0.6 is 0 Å². The monoisotopic (exact) mass is 134 g/mol. The minimum absolute atomic E-state index is 0.0665. The van der Waals surface area contributed by atoms with Crippen molar-refractivity contribution in [1.82, 2.24) is 0 Å². The Bertz CT molecular complexity index is 57.3. The minimum Gasteiger partial charge on any atom is -0.396 e. The van der Waals surface area contributed by atoms with Gasteiger partial charge in [0, 0.05) is 6.61 Å². The van der Waals surface area contributed by atoms with E-state index >= 15 is 0 Å². The lowest BCUT2D eigenvalue weighted by Crippen LogP contribution is -2.17. The Morgan fingerprint density at radius 3 is 2.11 bits per heavy atom. The summed E-state index contributed by atoms with van der Waals surface area (Å²) in [5.74, 6) is 0.0761. The largest absolute Gasteiger partial charge is 0.396 e. The molecule has 3 heteroatoms. The van der Waals surface area contributed by atoms with Crippen LogP contribution in [0.4, 0.5) is 0 Å². The van der Waals surface area contributed by atoms with Gasteiger partial charge in [-0.05, 0) is 12.3 Å². The Morgan fingerprint density at radius 1 is 1.22 bits per heavy atom. The third-order valence-electron chi connectivity index (χ3n) is 1.20. The van der Waals surface area contributed by atoms with Gasteiger partial charge in [0.05, 0.1) is 12.7 Å². The van der Waals surface area contributed by atoms with E-state index in [1.54, 1.807) is 0 Å². The minimum atomic E-state index is -0.674. The van der Waals surface area contributed by atoms with E-state index < -0.39 is 6.10 Å². The molecule has 9 heavy (non-hydrogen) atoms. The molecule has 0 fully saturated rings. The molecule has 3 N–H and O–H groups in total. The van der Waals surface area contributed by atoms with Gasteiger partial charge in [0.2, 0.25) is 0 Å². The molecule has 2 atom stereocenters. The Morgan fingerprint density at radius 2 is 1.78 bits per heavy atom. The maximum Gasteiger partial charge on any atom is 0.0774 e. The highest BCUT2D eigenvalue weighted by Crippen LogP contribution is 2.03. The Hall–Kier alpha value is -0.120. The van der Waals surface area contributed by atoms with Gasteiger partial charge in [-0.3, -0.25) is 0 Å². The van der Waals surface area contributed by atoms with Crippen molar-refractivity contribution in [2.24, 2.45) is 5.92 Å². The molecule has 0 rings (SSSR count). The van der Waals surface area contributed by atoms with Crippen molar-refractivity contribution >= 4 is 0 Å². The fourth-order valence-corrected chi connectivity index (χ4v) is 0.614. The summed E-state index contributed by atoms with van der Waals surface area (Å²) in [5.41, 5.74) is 0. The van der Waals surface area contributed by atoms with E-state index in [4.69, 9.17) is 15.3 Å². The molecule has 3 nitrogen and oxygen atoms in total. The van der Waals surface area contributed by atoms with Crippen LogP contribution in [0.25, 0.3) is 0 Å². The molecule has 0 spiro atoms. The first-order valence-corrected chi connectivity index (χ1v) is 3.10. The molecule has 0 saturated heterocycles. The van der Waals surface area contributed by atoms with Crippen LogP contribution in [0.15, 0.2) is 0 Å². The highest BCUT2D eigenvalue weighted by molar-refractivity contribution is 4.57. The standard InChI is InChI=1S/C6H14O3/c1-5(3-7)2-6(9)4-8/h5-9H,2-4H2,1H3/t5-,6+/m0/s1. The van der Waals surface area contributed by atoms with Gasteiger partial charge in [-0.2, -0.15) is 0 Å². The summed E-state index contributed by atoms with van der Waals surface area (Å²) in [4.78, 5) is 0. The van der Waals surface area contributed by atoms with E-state index in [2.05, 4.69) is 0 Å². The zero-order chi connectivity index (χ0) is 7.28. The van der Waals surface area contributed by atoms with Crippen molar-refractivity contribution in [3.05, 3.63) is 0 Å². The molecule has 0 unspecified atom stereocenters. The third-order valence-corrected chi connectivity index (χ3v) is 1.20. The zero-order valence-corrected chi connectivity index (χ0v) is 5.62. The van der Waals surface area contributed by atoms with Crippen LogP contribution in [0.3, 0.4) is 0 Å². The quantitative estimate of drug-likeness (QED) is 0.479. The number of rotatable bonds is 4. The number of aliphatic hydroxyl groups excluding tert-OH is 3. The lowest BCUT2D eigenvalue weighted by Gasteiger charge is -2.10. The predicted molar refractivity (Wildman–Crippen MR) is 34.0 cm³/mol. The summed E-state index contributed by atoms with van der Waals surface area (Å²) < 4.78 is 0. The molecule has 0 radical (unpaired) electrons. The van der Waals surface area contributed by atoms with Crippen molar-refractivity contribution in [1.29, 1.82) is 0 Å². The second-order valence-electron chi connectivity index (χ2n) is 2.36. The Kier molecular flexibility index (Phi) is 4.67. The predicted octanol–water partition coefficient (Wildman–Crippen LogP) is -0.642. The van der Waals surface area contributed by atoms with Crippen LogP contribution < -0.4 is 0 Å². The normalized spacial score (nSPS) is 17.3. The fourth-order valence-electron chi connectivity index (χ4n) is 0.614. The molecule has 0 heterocycles. The SMILES string of the molecule is C[C@H](CO)C[C@@H](O)CO. The van der Waals surface area contributed by atoms with E-state index in [1.807, 2.05) is 6.92 Å². The summed E-state index contributed by atoms with van der Waals surface area (Å²) >= 11 is 0. The van der Waals surface area contributed by atoms with Crippen LogP contribution in [-0.4, -0.2) is 34.6 Å². The molecule has 0 aromatic rings. The van der Waals surface area contributed by atoms with Crippen LogP contribution in [0, 0.1) is 5.92 Å². The van der Waals surface area contributed by atoms with E-state index in [9.17, 15) is 0 Å². The molecule has 0 amide bonds. The second kappa shape index (κ2) is 4.73. The average molecular weight is 134 g/mol. The van der Waals surface area contributed by atoms with Gasteiger partial charge >= 0.3 is 0 Å². The number of hydrogen-bond donors (Lipinski definition) is 3. The first-order chi connectivity index (χ1) is 4.20. The van der Waals surface area contributed by atoms with Crippen molar-refractivity contribution in [2.45, 2.75) is 19.4 Å². The van der Waals surface area contributed by atoms with E-state index in [1.165, 1.54) is 0 Å². The summed E-state index contributed by atoms with van der Waals surface area (Å²) in [6, 6.07) is 0. The Balaban J connectivity index is 3.22. The lowest BCUT2D eigenvalue weighted by atomic mass is 10.1. The molecule has 0 aromatic carbocycles. The van der Waals surface area contributed by atoms with Crippen LogP contribution in [0.1, 0.15) is 13.3 Å². The summed E-state index contributed by atoms with van der Waals surface area (Å²) in [5, 5.41) is 25.6. The number of hydrogen-bond acceptors (Lipinski definition) is 3. The molecule has 0 bridgehead atoms.